The fourth-order valence-corrected chi connectivity index (χ4v) is 17.3. The summed E-state index contributed by atoms with van der Waals surface area (Å²) < 4.78 is 6.36. The Bertz CT molecular complexity index is 1590. The van der Waals surface area contributed by atoms with E-state index in [0.29, 0.717) is 35.6 Å². The van der Waals surface area contributed by atoms with E-state index in [1.807, 2.05) is 13.8 Å². The number of esters is 1. The molecule has 7 nitrogen and oxygen atoms in total. The van der Waals surface area contributed by atoms with Crippen molar-refractivity contribution in [2.24, 2.45) is 67.5 Å². The van der Waals surface area contributed by atoms with Crippen LogP contribution in [0.5, 0.6) is 0 Å². The number of aliphatic carboxylic acids is 1. The van der Waals surface area contributed by atoms with Gasteiger partial charge in [-0.25, -0.2) is 0 Å². The van der Waals surface area contributed by atoms with E-state index in [1.165, 1.54) is 89.3 Å². The molecule has 0 spiro atoms. The topological polar surface area (TPSA) is 87.2 Å². The number of carboxylic acid groups (broad SMARTS) is 1. The van der Waals surface area contributed by atoms with Crippen LogP contribution in [0.4, 0.5) is 0 Å². The fourth-order valence-electron chi connectivity index (χ4n) is 17.3. The van der Waals surface area contributed by atoms with Crippen LogP contribution in [0.2, 0.25) is 0 Å². The van der Waals surface area contributed by atoms with Gasteiger partial charge in [0.05, 0.1) is 12.8 Å². The molecular formula is C49H78N2O5. The van der Waals surface area contributed by atoms with E-state index in [0.717, 1.165) is 51.1 Å². The molecule has 2 aliphatic heterocycles. The third kappa shape index (κ3) is 6.12. The molecule has 0 aromatic heterocycles. The predicted octanol–water partition coefficient (Wildman–Crippen LogP) is 10.3. The van der Waals surface area contributed by atoms with E-state index in [1.54, 1.807) is 0 Å². The lowest BCUT2D eigenvalue weighted by molar-refractivity contribution is -0.289. The molecule has 2 saturated heterocycles. The number of carbonyl (C=O) groups is 3. The molecule has 7 heteroatoms. The van der Waals surface area contributed by atoms with Crippen molar-refractivity contribution in [2.45, 2.75) is 183 Å². The molecule has 11 atom stereocenters. The zero-order chi connectivity index (χ0) is 40.3. The molecule has 8 fully saturated rings. The first-order valence-corrected chi connectivity index (χ1v) is 23.3. The van der Waals surface area contributed by atoms with Gasteiger partial charge in [-0.15, -0.1) is 0 Å². The van der Waals surface area contributed by atoms with Gasteiger partial charge in [0.1, 0.15) is 6.10 Å². The first kappa shape index (κ1) is 40.9. The van der Waals surface area contributed by atoms with Gasteiger partial charge in [-0.2, -0.15) is 0 Å². The number of fused-ring (bicyclic) bond motifs is 7. The number of carbonyl (C=O) groups excluding carboxylic acids is 2. The van der Waals surface area contributed by atoms with Crippen LogP contribution >= 0.6 is 0 Å². The van der Waals surface area contributed by atoms with E-state index in [-0.39, 0.29) is 57.4 Å². The fraction of sp³-hybridized carbons (Fsp3) is 0.898. The number of allylic oxidation sites excluding steroid dienone is 1. The van der Waals surface area contributed by atoms with Crippen LogP contribution in [-0.2, 0) is 19.1 Å². The molecule has 0 aromatic rings. The Morgan fingerprint density at radius 3 is 2.16 bits per heavy atom. The molecular weight excluding hydrogens is 697 g/mol. The van der Waals surface area contributed by atoms with E-state index < -0.39 is 11.4 Å². The second-order valence-electron chi connectivity index (χ2n) is 23.5. The van der Waals surface area contributed by atoms with Gasteiger partial charge < -0.3 is 14.7 Å². The van der Waals surface area contributed by atoms with Crippen molar-refractivity contribution in [3.63, 3.8) is 0 Å². The summed E-state index contributed by atoms with van der Waals surface area (Å²) in [5.41, 5.74) is 1.47. The van der Waals surface area contributed by atoms with Gasteiger partial charge >= 0.3 is 11.9 Å². The van der Waals surface area contributed by atoms with Crippen molar-refractivity contribution in [3.8, 4) is 0 Å². The summed E-state index contributed by atoms with van der Waals surface area (Å²) in [6.07, 6.45) is 18.9. The Morgan fingerprint density at radius 1 is 0.804 bits per heavy atom. The Hall–Kier alpha value is -1.89. The molecule has 8 rings (SSSR count). The molecule has 56 heavy (non-hydrogen) atoms. The van der Waals surface area contributed by atoms with Crippen molar-refractivity contribution in [2.75, 3.05) is 26.2 Å². The maximum absolute atomic E-state index is 14.6. The molecule has 2 heterocycles. The second kappa shape index (κ2) is 13.8. The van der Waals surface area contributed by atoms with E-state index in [9.17, 15) is 19.5 Å². The van der Waals surface area contributed by atoms with Crippen molar-refractivity contribution in [1.29, 1.82) is 0 Å². The van der Waals surface area contributed by atoms with Gasteiger partial charge in [0.2, 0.25) is 5.91 Å². The first-order valence-electron chi connectivity index (χ1n) is 23.3. The maximum atomic E-state index is 14.6. The van der Waals surface area contributed by atoms with Crippen LogP contribution < -0.4 is 0 Å². The van der Waals surface area contributed by atoms with E-state index in [2.05, 4.69) is 51.3 Å². The number of rotatable bonds is 10. The predicted molar refractivity (Wildman–Crippen MR) is 222 cm³/mol. The summed E-state index contributed by atoms with van der Waals surface area (Å²) in [5.74, 6) is 2.22. The summed E-state index contributed by atoms with van der Waals surface area (Å²) in [5, 5.41) is 9.42. The minimum atomic E-state index is -0.873. The van der Waals surface area contributed by atoms with Gasteiger partial charge in [0, 0.05) is 31.0 Å². The minimum Gasteiger partial charge on any atom is -0.481 e. The molecule has 1 N–H and O–H groups in total. The monoisotopic (exact) mass is 775 g/mol. The number of hydrogen-bond acceptors (Lipinski definition) is 5. The highest BCUT2D eigenvalue weighted by atomic mass is 16.5. The van der Waals surface area contributed by atoms with Crippen molar-refractivity contribution < 1.29 is 24.2 Å². The second-order valence-corrected chi connectivity index (χ2v) is 23.5. The zero-order valence-corrected chi connectivity index (χ0v) is 36.8. The van der Waals surface area contributed by atoms with Crippen molar-refractivity contribution in [3.05, 3.63) is 12.2 Å². The van der Waals surface area contributed by atoms with Crippen LogP contribution in [-0.4, -0.2) is 71.1 Å². The molecule has 0 bridgehead atoms. The number of ether oxygens (including phenoxy) is 1. The van der Waals surface area contributed by atoms with Crippen molar-refractivity contribution >= 4 is 17.8 Å². The van der Waals surface area contributed by atoms with Gasteiger partial charge in [0.15, 0.2) is 0 Å². The number of likely N-dealkylation sites (tertiary alicyclic amines) is 2. The van der Waals surface area contributed by atoms with Crippen LogP contribution in [0, 0.1) is 67.5 Å². The van der Waals surface area contributed by atoms with Gasteiger partial charge in [-0.1, -0.05) is 60.6 Å². The molecule has 0 unspecified atom stereocenters. The van der Waals surface area contributed by atoms with Crippen LogP contribution in [0.25, 0.3) is 0 Å². The summed E-state index contributed by atoms with van der Waals surface area (Å²) >= 11 is 0. The summed E-state index contributed by atoms with van der Waals surface area (Å²) in [6, 6.07) is 0.559. The molecule has 314 valence electrons. The number of amides is 1. The zero-order valence-electron chi connectivity index (χ0n) is 36.8. The molecule has 1 amide bonds. The van der Waals surface area contributed by atoms with Crippen LogP contribution in [0.15, 0.2) is 12.2 Å². The molecule has 6 saturated carbocycles. The quantitative estimate of drug-likeness (QED) is 0.176. The smallest absolute Gasteiger partial charge is 0.306 e. The maximum Gasteiger partial charge on any atom is 0.306 e. The SMILES string of the molecule is C=C(C)[C@@H]1CC[C@]2(CC(=O)N3CC[C@@H](N4CCCC4)C3)CC[C@]3(C)[C@](C4CC4)(CC[C@@H]4[C@@]5(C)CC[C@H](OC(=O)CC(C)(C)CC(=O)O)C(C)(C)[C@@H]5CC[C@]43C)[C@@H]12. The molecule has 0 radical (unpaired) electrons. The molecule has 8 aliphatic rings. The largest absolute Gasteiger partial charge is 0.481 e. The lowest BCUT2D eigenvalue weighted by Gasteiger charge is -2.77. The highest BCUT2D eigenvalue weighted by Crippen LogP contribution is 2.85. The lowest BCUT2D eigenvalue weighted by atomic mass is 9.27. The average Bonchev–Trinajstić information content (AvgIpc) is 3.45. The summed E-state index contributed by atoms with van der Waals surface area (Å²) in [6.45, 7) is 27.9. The third-order valence-corrected chi connectivity index (χ3v) is 20.0. The number of hydrogen-bond donors (Lipinski definition) is 1. The van der Waals surface area contributed by atoms with Crippen LogP contribution in [0.1, 0.15) is 171 Å². The van der Waals surface area contributed by atoms with Gasteiger partial charge in [-0.05, 0) is 178 Å². The Kier molecular flexibility index (Phi) is 10.1. The first-order chi connectivity index (χ1) is 26.2. The highest BCUT2D eigenvalue weighted by Gasteiger charge is 2.78. The summed E-state index contributed by atoms with van der Waals surface area (Å²) in [4.78, 5) is 44.4. The Balaban J connectivity index is 1.06. The van der Waals surface area contributed by atoms with Crippen LogP contribution in [0.3, 0.4) is 0 Å². The standard InChI is InChI=1S/C49H78N2O5/c1-32(2)35-14-21-48(28-39(52)51-27-18-34(31-51)50-25-10-11-26-50)24-23-47(9)46(8)20-15-36-44(5,6)38(56-41(55)30-43(3,4)29-40(53)54)17-19-45(36,7)37(46)16-22-49(47,42(35)48)33-12-13-33/h33-38,42H,1,10-31H2,2-9H3,(H,53,54)/t34-,35+,36+,37-,38+,42+,45+,46-,47+,48-,49+/m1/s1. The number of nitrogens with zero attached hydrogens (tertiary/aromatic N) is 2. The molecule has 0 aromatic carbocycles. The average molecular weight is 775 g/mol. The minimum absolute atomic E-state index is 0.0403. The Labute approximate surface area is 339 Å². The highest BCUT2D eigenvalue weighted by molar-refractivity contribution is 5.77. The normalized spacial score (nSPS) is 44.7. The number of carboxylic acids is 1. The van der Waals surface area contributed by atoms with Gasteiger partial charge in [-0.3, -0.25) is 19.3 Å². The van der Waals surface area contributed by atoms with E-state index >= 15 is 0 Å². The van der Waals surface area contributed by atoms with Gasteiger partial charge in [0.25, 0.3) is 0 Å². The lowest BCUT2D eigenvalue weighted by Crippen LogP contribution is -2.71. The Morgan fingerprint density at radius 2 is 1.50 bits per heavy atom. The third-order valence-electron chi connectivity index (χ3n) is 20.0. The molecule has 6 aliphatic carbocycles. The van der Waals surface area contributed by atoms with Crippen molar-refractivity contribution in [1.82, 2.24) is 9.80 Å². The summed E-state index contributed by atoms with van der Waals surface area (Å²) in [7, 11) is 0. The van der Waals surface area contributed by atoms with E-state index in [4.69, 9.17) is 11.3 Å².